The van der Waals surface area contributed by atoms with Gasteiger partial charge < -0.3 is 14.8 Å². The number of aromatic nitrogens is 2. The second-order valence-corrected chi connectivity index (χ2v) is 11.5. The van der Waals surface area contributed by atoms with Gasteiger partial charge in [0.15, 0.2) is 0 Å². The van der Waals surface area contributed by atoms with Crippen LogP contribution in [0.25, 0.3) is 21.9 Å². The quantitative estimate of drug-likeness (QED) is 0.377. The van der Waals surface area contributed by atoms with Crippen LogP contribution in [-0.2, 0) is 15.9 Å². The van der Waals surface area contributed by atoms with Gasteiger partial charge in [0.05, 0.1) is 16.4 Å². The number of carbonyl (C=O) groups is 2. The van der Waals surface area contributed by atoms with Crippen LogP contribution in [0.5, 0.6) is 0 Å². The molecule has 0 unspecified atom stereocenters. The molecule has 212 valence electrons. The van der Waals surface area contributed by atoms with E-state index in [0.717, 1.165) is 38.0 Å². The largest absolute Gasteiger partial charge is 0.446 e. The molecule has 2 aliphatic rings. The number of carbonyl (C=O) groups excluding carboxylic acids is 2. The van der Waals surface area contributed by atoms with Crippen molar-refractivity contribution < 1.29 is 23.5 Å². The molecular weight excluding hydrogens is 537 g/mol. The summed E-state index contributed by atoms with van der Waals surface area (Å²) in [4.78, 5) is 35.9. The van der Waals surface area contributed by atoms with Gasteiger partial charge in [-0.2, -0.15) is 0 Å². The van der Waals surface area contributed by atoms with Crippen molar-refractivity contribution in [1.29, 1.82) is 0 Å². The van der Waals surface area contributed by atoms with Gasteiger partial charge in [0, 0.05) is 35.5 Å². The van der Waals surface area contributed by atoms with Crippen molar-refractivity contribution in [2.45, 2.75) is 65.1 Å². The molecule has 0 atom stereocenters. The number of halogens is 2. The molecule has 0 radical (unpaired) electrons. The topological polar surface area (TPSA) is 106 Å². The van der Waals surface area contributed by atoms with Gasteiger partial charge in [-0.3, -0.25) is 15.2 Å². The van der Waals surface area contributed by atoms with Gasteiger partial charge in [0.25, 0.3) is 0 Å². The van der Waals surface area contributed by atoms with E-state index in [9.17, 15) is 9.59 Å². The van der Waals surface area contributed by atoms with Gasteiger partial charge in [-0.15, -0.1) is 0 Å². The lowest BCUT2D eigenvalue weighted by Crippen LogP contribution is -2.40. The first-order valence-electron chi connectivity index (χ1n) is 13.5. The van der Waals surface area contributed by atoms with Crippen molar-refractivity contribution in [2.24, 2.45) is 0 Å². The van der Waals surface area contributed by atoms with Gasteiger partial charge in [-0.1, -0.05) is 11.6 Å². The number of pyridine rings is 2. The van der Waals surface area contributed by atoms with Crippen LogP contribution >= 0.6 is 11.6 Å². The Labute approximate surface area is 237 Å². The number of nitrogens with zero attached hydrogens (tertiary/aromatic N) is 3. The summed E-state index contributed by atoms with van der Waals surface area (Å²) < 4.78 is 26.8. The van der Waals surface area contributed by atoms with Crippen molar-refractivity contribution in [3.8, 4) is 11.1 Å². The first kappa shape index (κ1) is 28.0. The number of nitrogens with one attached hydrogen (secondary N) is 2. The molecule has 2 aliphatic heterocycles. The smallest absolute Gasteiger partial charge is 0.414 e. The summed E-state index contributed by atoms with van der Waals surface area (Å²) in [5.41, 5.74) is 2.16. The Morgan fingerprint density at radius 3 is 2.62 bits per heavy atom. The molecule has 2 aromatic heterocycles. The molecule has 0 spiro atoms. The molecule has 0 aliphatic carbocycles. The van der Waals surface area contributed by atoms with Crippen molar-refractivity contribution in [3.05, 3.63) is 46.6 Å². The highest BCUT2D eigenvalue weighted by Gasteiger charge is 2.31. The van der Waals surface area contributed by atoms with E-state index in [-0.39, 0.29) is 22.5 Å². The third-order valence-corrected chi connectivity index (χ3v) is 7.41. The highest BCUT2D eigenvalue weighted by Crippen LogP contribution is 2.40. The van der Waals surface area contributed by atoms with E-state index in [0.29, 0.717) is 40.6 Å². The first-order valence-corrected chi connectivity index (χ1v) is 13.8. The summed E-state index contributed by atoms with van der Waals surface area (Å²) in [6, 6.07) is 3.28. The Kier molecular flexibility index (Phi) is 7.83. The average molecular weight is 570 g/mol. The van der Waals surface area contributed by atoms with Crippen LogP contribution in [0.4, 0.5) is 25.5 Å². The van der Waals surface area contributed by atoms with E-state index in [1.54, 1.807) is 23.2 Å². The second kappa shape index (κ2) is 11.2. The lowest BCUT2D eigenvalue weighted by molar-refractivity contribution is 0.0577. The summed E-state index contributed by atoms with van der Waals surface area (Å²) in [5, 5.41) is 6.78. The molecule has 2 amide bonds. The number of amides is 2. The molecule has 11 heteroatoms. The molecule has 1 fully saturated rings. The zero-order chi connectivity index (χ0) is 28.6. The summed E-state index contributed by atoms with van der Waals surface area (Å²) in [6.07, 6.45) is 4.76. The van der Waals surface area contributed by atoms with Crippen LogP contribution in [-0.4, -0.2) is 53.5 Å². The van der Waals surface area contributed by atoms with Crippen molar-refractivity contribution in [3.63, 3.8) is 0 Å². The Morgan fingerprint density at radius 1 is 1.15 bits per heavy atom. The van der Waals surface area contributed by atoms with E-state index in [1.165, 1.54) is 6.20 Å². The van der Waals surface area contributed by atoms with Gasteiger partial charge >= 0.3 is 12.2 Å². The number of aryl methyl sites for hydroxylation is 1. The lowest BCUT2D eigenvalue weighted by atomic mass is 9.95. The molecule has 40 heavy (non-hydrogen) atoms. The number of hydrogen-bond acceptors (Lipinski definition) is 7. The molecular formula is C29H33ClFN5O4. The molecule has 5 rings (SSSR count). The SMILES string of the molecule is Cc1c(-c2cc3cc(NC(=O)OC4CCNCC4)ncc3c(Cl)c2F)cnc2c1N(C(=O)OC(C)(C)C)CCC2. The first-order chi connectivity index (χ1) is 19.0. The Morgan fingerprint density at radius 2 is 1.90 bits per heavy atom. The summed E-state index contributed by atoms with van der Waals surface area (Å²) in [6.45, 7) is 9.35. The van der Waals surface area contributed by atoms with Crippen LogP contribution in [0.15, 0.2) is 24.5 Å². The normalized spacial score (nSPS) is 16.0. The summed E-state index contributed by atoms with van der Waals surface area (Å²) in [5.74, 6) is -0.358. The number of benzene rings is 1. The van der Waals surface area contributed by atoms with E-state index in [2.05, 4.69) is 20.6 Å². The zero-order valence-electron chi connectivity index (χ0n) is 23.1. The van der Waals surface area contributed by atoms with Gasteiger partial charge in [0.2, 0.25) is 0 Å². The Hall–Kier alpha value is -3.50. The van der Waals surface area contributed by atoms with E-state index < -0.39 is 23.6 Å². The molecule has 1 saturated heterocycles. The monoisotopic (exact) mass is 569 g/mol. The standard InChI is InChI=1S/C29H33ClFN5O4/c1-16-20(14-33-22-6-5-11-36(26(16)22)28(38)40-29(2,3)4)19-12-17-13-23(34-15-21(17)24(30)25(19)31)35-27(37)39-18-7-9-32-10-8-18/h12-15,18,32H,5-11H2,1-4H3,(H,34,35,37). The molecule has 0 saturated carbocycles. The summed E-state index contributed by atoms with van der Waals surface area (Å²) in [7, 11) is 0. The van der Waals surface area contributed by atoms with E-state index in [4.69, 9.17) is 21.1 Å². The fraction of sp³-hybridized carbons (Fsp3) is 0.448. The number of hydrogen-bond donors (Lipinski definition) is 2. The van der Waals surface area contributed by atoms with Gasteiger partial charge in [-0.25, -0.2) is 19.0 Å². The minimum atomic E-state index is -0.661. The van der Waals surface area contributed by atoms with Crippen LogP contribution in [0.3, 0.4) is 0 Å². The maximum atomic E-state index is 15.7. The number of anilines is 2. The molecule has 4 heterocycles. The molecule has 1 aromatic carbocycles. The van der Waals surface area contributed by atoms with E-state index in [1.807, 2.05) is 27.7 Å². The van der Waals surface area contributed by atoms with Crippen LogP contribution in [0.2, 0.25) is 5.02 Å². The van der Waals surface area contributed by atoms with Crippen LogP contribution < -0.4 is 15.5 Å². The number of fused-ring (bicyclic) bond motifs is 2. The summed E-state index contributed by atoms with van der Waals surface area (Å²) >= 11 is 6.48. The minimum absolute atomic E-state index is 0.0926. The van der Waals surface area contributed by atoms with Gasteiger partial charge in [0.1, 0.15) is 23.3 Å². The fourth-order valence-corrected chi connectivity index (χ4v) is 5.43. The van der Waals surface area contributed by atoms with E-state index >= 15 is 4.39 Å². The predicted octanol–water partition coefficient (Wildman–Crippen LogP) is 6.39. The second-order valence-electron chi connectivity index (χ2n) is 11.2. The molecule has 9 nitrogen and oxygen atoms in total. The Bertz CT molecular complexity index is 1470. The number of rotatable bonds is 3. The molecule has 3 aromatic rings. The highest BCUT2D eigenvalue weighted by atomic mass is 35.5. The van der Waals surface area contributed by atoms with Gasteiger partial charge in [-0.05, 0) is 89.6 Å². The van der Waals surface area contributed by atoms with Crippen LogP contribution in [0.1, 0.15) is 51.3 Å². The lowest BCUT2D eigenvalue weighted by Gasteiger charge is -2.33. The van der Waals surface area contributed by atoms with Crippen molar-refractivity contribution in [2.75, 3.05) is 29.9 Å². The predicted molar refractivity (Wildman–Crippen MR) is 153 cm³/mol. The van der Waals surface area contributed by atoms with Crippen molar-refractivity contribution >= 4 is 46.1 Å². The number of piperidine rings is 1. The third kappa shape index (κ3) is 5.83. The highest BCUT2D eigenvalue weighted by molar-refractivity contribution is 6.36. The third-order valence-electron chi connectivity index (χ3n) is 7.04. The molecule has 2 N–H and O–H groups in total. The van der Waals surface area contributed by atoms with Crippen molar-refractivity contribution in [1.82, 2.24) is 15.3 Å². The maximum absolute atomic E-state index is 15.7. The minimum Gasteiger partial charge on any atom is -0.446 e. The zero-order valence-corrected chi connectivity index (χ0v) is 23.8. The van der Waals surface area contributed by atoms with Crippen LogP contribution in [0, 0.1) is 12.7 Å². The maximum Gasteiger partial charge on any atom is 0.414 e. The fourth-order valence-electron chi connectivity index (χ4n) is 5.17. The average Bonchev–Trinajstić information content (AvgIpc) is 2.90. The molecule has 0 bridgehead atoms. The number of ether oxygens (including phenoxy) is 2. The Balaban J connectivity index is 1.49.